The van der Waals surface area contributed by atoms with Gasteiger partial charge >= 0.3 is 0 Å². The minimum absolute atomic E-state index is 0.0197. The fourth-order valence-electron chi connectivity index (χ4n) is 2.38. The van der Waals surface area contributed by atoms with Gasteiger partial charge in [0.25, 0.3) is 5.91 Å². The van der Waals surface area contributed by atoms with Crippen molar-refractivity contribution >= 4 is 33.2 Å². The van der Waals surface area contributed by atoms with Crippen LogP contribution in [0.1, 0.15) is 24.2 Å². The maximum Gasteiger partial charge on any atom is 0.257 e. The second-order valence-electron chi connectivity index (χ2n) is 5.91. The summed E-state index contributed by atoms with van der Waals surface area (Å²) in [7, 11) is -0.859. The van der Waals surface area contributed by atoms with Gasteiger partial charge in [-0.15, -0.1) is 0 Å². The lowest BCUT2D eigenvalue weighted by atomic mass is 10.2. The molecule has 0 aliphatic heterocycles. The zero-order valence-electron chi connectivity index (χ0n) is 16.2. The van der Waals surface area contributed by atoms with Gasteiger partial charge in [0, 0.05) is 25.8 Å². The van der Waals surface area contributed by atoms with Crippen LogP contribution in [0.2, 0.25) is 5.02 Å². The van der Waals surface area contributed by atoms with Crippen LogP contribution < -0.4 is 14.8 Å². The van der Waals surface area contributed by atoms with Crippen molar-refractivity contribution in [2.45, 2.75) is 18.7 Å². The van der Waals surface area contributed by atoms with Crippen molar-refractivity contribution in [1.29, 1.82) is 0 Å². The average Bonchev–Trinajstić information content (AvgIpc) is 2.64. The van der Waals surface area contributed by atoms with E-state index in [-0.39, 0.29) is 15.5 Å². The highest BCUT2D eigenvalue weighted by atomic mass is 35.5. The Morgan fingerprint density at radius 2 is 1.68 bits per heavy atom. The topological polar surface area (TPSA) is 84.9 Å². The number of anilines is 1. The highest BCUT2D eigenvalue weighted by Crippen LogP contribution is 2.31. The minimum atomic E-state index is -3.69. The molecule has 0 fully saturated rings. The van der Waals surface area contributed by atoms with Gasteiger partial charge in [0.2, 0.25) is 10.0 Å². The molecule has 1 N–H and O–H groups in total. The number of hydrogen-bond donors (Lipinski definition) is 1. The predicted octanol–water partition coefficient (Wildman–Crippen LogP) is 3.64. The van der Waals surface area contributed by atoms with Gasteiger partial charge in [0.05, 0.1) is 28.7 Å². The first-order valence-electron chi connectivity index (χ1n) is 8.63. The molecular weight excluding hydrogens is 404 g/mol. The van der Waals surface area contributed by atoms with Gasteiger partial charge in [0.15, 0.2) is 11.5 Å². The Bertz CT molecular complexity index is 961. The Labute approximate surface area is 170 Å². The van der Waals surface area contributed by atoms with Crippen LogP contribution in [0.3, 0.4) is 0 Å². The number of carbonyl (C=O) groups is 1. The molecule has 0 atom stereocenters. The third-order valence-corrected chi connectivity index (χ3v) is 5.90. The van der Waals surface area contributed by atoms with Gasteiger partial charge in [-0.2, -0.15) is 0 Å². The normalized spacial score (nSPS) is 11.4. The molecule has 0 radical (unpaired) electrons. The number of benzene rings is 2. The van der Waals surface area contributed by atoms with Gasteiger partial charge in [0.1, 0.15) is 0 Å². The Morgan fingerprint density at radius 3 is 2.29 bits per heavy atom. The maximum absolute atomic E-state index is 12.7. The van der Waals surface area contributed by atoms with E-state index >= 15 is 0 Å². The highest BCUT2D eigenvalue weighted by Gasteiger charge is 2.21. The number of halogens is 1. The molecule has 0 bridgehead atoms. The molecule has 7 nitrogen and oxygen atoms in total. The molecule has 0 spiro atoms. The minimum Gasteiger partial charge on any atom is -0.490 e. The van der Waals surface area contributed by atoms with E-state index < -0.39 is 15.9 Å². The van der Waals surface area contributed by atoms with Gasteiger partial charge in [-0.3, -0.25) is 4.79 Å². The summed E-state index contributed by atoms with van der Waals surface area (Å²) >= 11 is 6.12. The predicted molar refractivity (Wildman–Crippen MR) is 109 cm³/mol. The van der Waals surface area contributed by atoms with Gasteiger partial charge in [-0.05, 0) is 44.2 Å². The van der Waals surface area contributed by atoms with E-state index in [1.807, 2.05) is 13.8 Å². The maximum atomic E-state index is 12.7. The molecule has 0 saturated carbocycles. The third-order valence-electron chi connectivity index (χ3n) is 3.76. The summed E-state index contributed by atoms with van der Waals surface area (Å²) < 4.78 is 36.7. The fraction of sp³-hybridized carbons (Fsp3) is 0.316. The second-order valence-corrected chi connectivity index (χ2v) is 8.47. The van der Waals surface area contributed by atoms with Crippen molar-refractivity contribution in [2.75, 3.05) is 32.6 Å². The first-order chi connectivity index (χ1) is 13.2. The van der Waals surface area contributed by atoms with Crippen LogP contribution in [0, 0.1) is 0 Å². The molecule has 0 saturated heterocycles. The number of rotatable bonds is 8. The number of nitrogens with one attached hydrogen (secondary N) is 1. The van der Waals surface area contributed by atoms with Crippen molar-refractivity contribution in [3.8, 4) is 11.5 Å². The van der Waals surface area contributed by atoms with Crippen molar-refractivity contribution in [3.63, 3.8) is 0 Å². The first kappa shape index (κ1) is 22.0. The van der Waals surface area contributed by atoms with E-state index in [2.05, 4.69) is 5.32 Å². The summed E-state index contributed by atoms with van der Waals surface area (Å²) in [5.74, 6) is 0.532. The summed E-state index contributed by atoms with van der Waals surface area (Å²) in [5, 5.41) is 2.85. The molecule has 0 heterocycles. The molecule has 0 aliphatic rings. The Kier molecular flexibility index (Phi) is 7.29. The molecule has 0 unspecified atom stereocenters. The van der Waals surface area contributed by atoms with E-state index in [1.54, 1.807) is 18.2 Å². The zero-order valence-corrected chi connectivity index (χ0v) is 17.7. The molecule has 2 aromatic carbocycles. The lowest BCUT2D eigenvalue weighted by Crippen LogP contribution is -2.23. The number of hydrogen-bond acceptors (Lipinski definition) is 5. The first-order valence-corrected chi connectivity index (χ1v) is 10.5. The molecule has 2 rings (SSSR count). The van der Waals surface area contributed by atoms with E-state index in [1.165, 1.54) is 32.3 Å². The second kappa shape index (κ2) is 9.27. The molecule has 1 amide bonds. The summed E-state index contributed by atoms with van der Waals surface area (Å²) in [6, 6.07) is 9.00. The Morgan fingerprint density at radius 1 is 1.04 bits per heavy atom. The molecule has 0 aromatic heterocycles. The number of amides is 1. The van der Waals surface area contributed by atoms with E-state index in [9.17, 15) is 13.2 Å². The monoisotopic (exact) mass is 426 g/mol. The van der Waals surface area contributed by atoms with Crippen molar-refractivity contribution in [2.24, 2.45) is 0 Å². The number of nitrogens with zero attached hydrogens (tertiary/aromatic N) is 1. The van der Waals surface area contributed by atoms with Crippen molar-refractivity contribution in [3.05, 3.63) is 47.0 Å². The van der Waals surface area contributed by atoms with E-state index in [0.29, 0.717) is 30.4 Å². The van der Waals surface area contributed by atoms with Gasteiger partial charge in [-0.25, -0.2) is 12.7 Å². The van der Waals surface area contributed by atoms with Crippen LogP contribution in [0.15, 0.2) is 41.3 Å². The zero-order chi connectivity index (χ0) is 20.9. The van der Waals surface area contributed by atoms with Crippen LogP contribution in [0.4, 0.5) is 5.69 Å². The van der Waals surface area contributed by atoms with Crippen LogP contribution in [-0.4, -0.2) is 45.9 Å². The lowest BCUT2D eigenvalue weighted by Gasteiger charge is -2.14. The summed E-state index contributed by atoms with van der Waals surface area (Å²) in [4.78, 5) is 12.7. The van der Waals surface area contributed by atoms with Crippen LogP contribution in [0.25, 0.3) is 0 Å². The number of ether oxygens (including phenoxy) is 2. The smallest absolute Gasteiger partial charge is 0.257 e. The fourth-order valence-corrected chi connectivity index (χ4v) is 3.51. The number of carbonyl (C=O) groups excluding carboxylic acids is 1. The average molecular weight is 427 g/mol. The molecule has 2 aromatic rings. The Hall–Kier alpha value is -2.29. The summed E-state index contributed by atoms with van der Waals surface area (Å²) in [5.41, 5.74) is 0.519. The van der Waals surface area contributed by atoms with Crippen molar-refractivity contribution in [1.82, 2.24) is 4.31 Å². The highest BCUT2D eigenvalue weighted by molar-refractivity contribution is 7.89. The molecule has 0 aliphatic carbocycles. The molecule has 28 heavy (non-hydrogen) atoms. The molecular formula is C19H23ClN2O5S. The Balaban J connectivity index is 2.34. The number of sulfonamides is 1. The standard InChI is InChI=1S/C19H23ClN2O5S/c1-5-26-17-10-7-13(11-18(17)27-6-2)21-19(23)15-12-14(8-9-16(15)20)28(24,25)22(3)4/h7-12H,5-6H2,1-4H3,(H,21,23). The van der Waals surface area contributed by atoms with Gasteiger partial charge < -0.3 is 14.8 Å². The SMILES string of the molecule is CCOc1ccc(NC(=O)c2cc(S(=O)(=O)N(C)C)ccc2Cl)cc1OCC. The quantitative estimate of drug-likeness (QED) is 0.696. The molecule has 152 valence electrons. The van der Waals surface area contributed by atoms with Crippen molar-refractivity contribution < 1.29 is 22.7 Å². The van der Waals surface area contributed by atoms with Crippen LogP contribution >= 0.6 is 11.6 Å². The largest absolute Gasteiger partial charge is 0.490 e. The third kappa shape index (κ3) is 4.95. The molecule has 9 heteroatoms. The van der Waals surface area contributed by atoms with E-state index in [0.717, 1.165) is 4.31 Å². The lowest BCUT2D eigenvalue weighted by molar-refractivity contribution is 0.102. The van der Waals surface area contributed by atoms with Crippen LogP contribution in [0.5, 0.6) is 11.5 Å². The van der Waals surface area contributed by atoms with Crippen LogP contribution in [-0.2, 0) is 10.0 Å². The summed E-state index contributed by atoms with van der Waals surface area (Å²) in [6.07, 6.45) is 0. The van der Waals surface area contributed by atoms with Gasteiger partial charge in [-0.1, -0.05) is 11.6 Å². The summed E-state index contributed by atoms with van der Waals surface area (Å²) in [6.45, 7) is 4.63. The van der Waals surface area contributed by atoms with E-state index in [4.69, 9.17) is 21.1 Å².